The number of nitrogens with zero attached hydrogens (tertiary/aromatic N) is 5. The van der Waals surface area contributed by atoms with E-state index < -0.39 is 14.6 Å². The number of carbonyl (C=O) groups is 1. The largest absolute Gasteiger partial charge is 0.463 e. The summed E-state index contributed by atoms with van der Waals surface area (Å²) in [6.07, 6.45) is 7.93. The first kappa shape index (κ1) is 16.8. The maximum absolute atomic E-state index is 12.6. The van der Waals surface area contributed by atoms with E-state index in [9.17, 15) is 13.2 Å². The van der Waals surface area contributed by atoms with Gasteiger partial charge in [-0.3, -0.25) is 9.78 Å². The molecule has 2 saturated heterocycles. The summed E-state index contributed by atoms with van der Waals surface area (Å²) in [6.45, 7) is 0.499. The molecule has 1 amide bonds. The summed E-state index contributed by atoms with van der Waals surface area (Å²) < 4.78 is 29.9. The van der Waals surface area contributed by atoms with E-state index in [0.29, 0.717) is 6.42 Å². The van der Waals surface area contributed by atoms with Gasteiger partial charge in [-0.15, -0.1) is 0 Å². The maximum atomic E-state index is 12.6. The van der Waals surface area contributed by atoms with Crippen LogP contribution >= 0.6 is 0 Å². The van der Waals surface area contributed by atoms with Gasteiger partial charge in [0.15, 0.2) is 9.84 Å². The molecule has 0 radical (unpaired) electrons. The fourth-order valence-electron chi connectivity index (χ4n) is 3.56. The number of likely N-dealkylation sites (tertiary alicyclic amines) is 1. The molecule has 0 aliphatic carbocycles. The van der Waals surface area contributed by atoms with Crippen molar-refractivity contribution in [3.05, 3.63) is 42.7 Å². The molecular formula is C16H17N5O4S. The fourth-order valence-corrected chi connectivity index (χ4v) is 5.96. The Kier molecular flexibility index (Phi) is 4.06. The number of sulfone groups is 1. The monoisotopic (exact) mass is 375 g/mol. The van der Waals surface area contributed by atoms with Gasteiger partial charge in [0.1, 0.15) is 10.4 Å². The highest BCUT2D eigenvalue weighted by molar-refractivity contribution is 7.93. The van der Waals surface area contributed by atoms with E-state index in [0.717, 1.165) is 0 Å². The highest BCUT2D eigenvalue weighted by Crippen LogP contribution is 2.45. The van der Waals surface area contributed by atoms with Gasteiger partial charge in [0.2, 0.25) is 0 Å². The number of amides is 1. The summed E-state index contributed by atoms with van der Waals surface area (Å²) in [6, 6.07) is 1.90. The molecule has 2 aromatic heterocycles. The van der Waals surface area contributed by atoms with Crippen LogP contribution in [0.4, 0.5) is 0 Å². The van der Waals surface area contributed by atoms with Crippen molar-refractivity contribution in [2.45, 2.75) is 11.2 Å². The Bertz CT molecular complexity index is 901. The number of rotatable bonds is 4. The smallest absolute Gasteiger partial charge is 0.316 e. The van der Waals surface area contributed by atoms with Crippen LogP contribution in [0.15, 0.2) is 37.1 Å². The van der Waals surface area contributed by atoms with Crippen molar-refractivity contribution >= 4 is 15.7 Å². The summed E-state index contributed by atoms with van der Waals surface area (Å²) >= 11 is 0. The number of aromatic nitrogens is 4. The number of ether oxygens (including phenoxy) is 1. The summed E-state index contributed by atoms with van der Waals surface area (Å²) in [5, 5.41) is 0. The maximum Gasteiger partial charge on any atom is 0.316 e. The quantitative estimate of drug-likeness (QED) is 0.732. The zero-order valence-electron chi connectivity index (χ0n) is 13.9. The Morgan fingerprint density at radius 2 is 1.96 bits per heavy atom. The molecular weight excluding hydrogens is 358 g/mol. The van der Waals surface area contributed by atoms with Crippen molar-refractivity contribution in [1.82, 2.24) is 24.8 Å². The van der Waals surface area contributed by atoms with Gasteiger partial charge >= 0.3 is 6.01 Å². The molecule has 0 aromatic carbocycles. The Hall–Kier alpha value is -2.62. The SMILES string of the molecule is O=C(c1cnccn1)N1CC2(C1)C(COc1ncccn1)CCS2(=O)=O. The minimum atomic E-state index is -3.30. The highest BCUT2D eigenvalue weighted by Gasteiger charge is 2.62. The molecule has 2 aliphatic rings. The third-order valence-electron chi connectivity index (χ3n) is 5.04. The van der Waals surface area contributed by atoms with E-state index in [1.165, 1.54) is 23.5 Å². The molecule has 10 heteroatoms. The molecule has 26 heavy (non-hydrogen) atoms. The van der Waals surface area contributed by atoms with E-state index in [2.05, 4.69) is 19.9 Å². The third-order valence-corrected chi connectivity index (χ3v) is 7.64. The van der Waals surface area contributed by atoms with Crippen LogP contribution < -0.4 is 4.74 Å². The van der Waals surface area contributed by atoms with Crippen LogP contribution in [0, 0.1) is 5.92 Å². The average molecular weight is 375 g/mol. The van der Waals surface area contributed by atoms with E-state index in [4.69, 9.17) is 4.74 Å². The van der Waals surface area contributed by atoms with E-state index >= 15 is 0 Å². The Labute approximate surface area is 150 Å². The number of hydrogen-bond donors (Lipinski definition) is 0. The van der Waals surface area contributed by atoms with Crippen LogP contribution in [0.3, 0.4) is 0 Å². The molecule has 2 aliphatic heterocycles. The molecule has 9 nitrogen and oxygen atoms in total. The summed E-state index contributed by atoms with van der Waals surface area (Å²) in [5.74, 6) is -0.414. The molecule has 4 rings (SSSR count). The van der Waals surface area contributed by atoms with Crippen molar-refractivity contribution in [2.75, 3.05) is 25.4 Å². The third kappa shape index (κ3) is 2.70. The predicted octanol–water partition coefficient (Wildman–Crippen LogP) is -0.0251. The Balaban J connectivity index is 1.47. The molecule has 4 heterocycles. The lowest BCUT2D eigenvalue weighted by molar-refractivity contribution is 0.0397. The molecule has 1 atom stereocenters. The predicted molar refractivity (Wildman–Crippen MR) is 90.1 cm³/mol. The molecule has 1 unspecified atom stereocenters. The van der Waals surface area contributed by atoms with Gasteiger partial charge in [-0.2, -0.15) is 0 Å². The average Bonchev–Trinajstić information content (AvgIpc) is 2.90. The summed E-state index contributed by atoms with van der Waals surface area (Å²) in [7, 11) is -3.30. The van der Waals surface area contributed by atoms with Crippen LogP contribution in [0.5, 0.6) is 6.01 Å². The first-order chi connectivity index (χ1) is 12.5. The van der Waals surface area contributed by atoms with Crippen molar-refractivity contribution in [3.8, 4) is 6.01 Å². The van der Waals surface area contributed by atoms with Gasteiger partial charge in [0.25, 0.3) is 5.91 Å². The minimum Gasteiger partial charge on any atom is -0.463 e. The van der Waals surface area contributed by atoms with Gasteiger partial charge in [-0.05, 0) is 12.5 Å². The first-order valence-electron chi connectivity index (χ1n) is 8.19. The number of carbonyl (C=O) groups excluding carboxylic acids is 1. The second kappa shape index (κ2) is 6.27. The molecule has 1 spiro atoms. The highest BCUT2D eigenvalue weighted by atomic mass is 32.2. The first-order valence-corrected chi connectivity index (χ1v) is 9.84. The van der Waals surface area contributed by atoms with Crippen LogP contribution in [-0.2, 0) is 9.84 Å². The van der Waals surface area contributed by atoms with Gasteiger partial charge in [0, 0.05) is 43.8 Å². The Morgan fingerprint density at radius 3 is 2.65 bits per heavy atom. The topological polar surface area (TPSA) is 115 Å². The molecule has 136 valence electrons. The molecule has 0 N–H and O–H groups in total. The normalized spacial score (nSPS) is 22.8. The fraction of sp³-hybridized carbons (Fsp3) is 0.438. The second-order valence-corrected chi connectivity index (χ2v) is 8.91. The molecule has 2 fully saturated rings. The lowest BCUT2D eigenvalue weighted by Crippen LogP contribution is -2.69. The van der Waals surface area contributed by atoms with E-state index in [1.807, 2.05) is 0 Å². The van der Waals surface area contributed by atoms with Crippen LogP contribution in [0.1, 0.15) is 16.9 Å². The Morgan fingerprint density at radius 1 is 1.19 bits per heavy atom. The molecule has 0 bridgehead atoms. The lowest BCUT2D eigenvalue weighted by atomic mass is 9.83. The minimum absolute atomic E-state index is 0.101. The standard InChI is InChI=1S/C16H17N5O4S/c22-14(13-8-17-5-6-18-13)21-10-16(11-21)12(2-7-26(16,23)24)9-25-15-19-3-1-4-20-15/h1,3-6,8,12H,2,7,9-11H2. The lowest BCUT2D eigenvalue weighted by Gasteiger charge is -2.49. The van der Waals surface area contributed by atoms with Crippen molar-refractivity contribution in [2.24, 2.45) is 5.92 Å². The van der Waals surface area contributed by atoms with Gasteiger partial charge in [0.05, 0.1) is 18.6 Å². The van der Waals surface area contributed by atoms with Crippen LogP contribution in [0.2, 0.25) is 0 Å². The van der Waals surface area contributed by atoms with Crippen molar-refractivity contribution < 1.29 is 17.9 Å². The second-order valence-electron chi connectivity index (χ2n) is 6.46. The zero-order chi connectivity index (χ0) is 18.2. The van der Waals surface area contributed by atoms with Gasteiger partial charge in [-0.25, -0.2) is 23.4 Å². The van der Waals surface area contributed by atoms with Crippen molar-refractivity contribution in [3.63, 3.8) is 0 Å². The molecule has 2 aromatic rings. The van der Waals surface area contributed by atoms with Crippen LogP contribution in [0.25, 0.3) is 0 Å². The van der Waals surface area contributed by atoms with E-state index in [1.54, 1.807) is 18.5 Å². The van der Waals surface area contributed by atoms with Gasteiger partial charge in [-0.1, -0.05) is 0 Å². The molecule has 0 saturated carbocycles. The summed E-state index contributed by atoms with van der Waals surface area (Å²) in [4.78, 5) is 29.8. The van der Waals surface area contributed by atoms with Crippen LogP contribution in [-0.4, -0.2) is 69.4 Å². The summed E-state index contributed by atoms with van der Waals surface area (Å²) in [5.41, 5.74) is 0.211. The number of hydrogen-bond acceptors (Lipinski definition) is 8. The van der Waals surface area contributed by atoms with E-state index in [-0.39, 0.29) is 49.0 Å². The zero-order valence-corrected chi connectivity index (χ0v) is 14.7. The van der Waals surface area contributed by atoms with Gasteiger partial charge < -0.3 is 9.64 Å². The van der Waals surface area contributed by atoms with Crippen molar-refractivity contribution in [1.29, 1.82) is 0 Å².